The van der Waals surface area contributed by atoms with E-state index < -0.39 is 28.2 Å². The smallest absolute Gasteiger partial charge is 0.234 e. The lowest BCUT2D eigenvalue weighted by atomic mass is 10.0. The van der Waals surface area contributed by atoms with Crippen LogP contribution in [-0.2, 0) is 23.5 Å². The van der Waals surface area contributed by atoms with Crippen molar-refractivity contribution in [2.75, 3.05) is 17.1 Å². The van der Waals surface area contributed by atoms with Gasteiger partial charge in [0.25, 0.3) is 0 Å². The number of halogens is 1. The fourth-order valence-electron chi connectivity index (χ4n) is 3.47. The Kier molecular flexibility index (Phi) is 6.62. The third kappa shape index (κ3) is 5.21. The minimum absolute atomic E-state index is 0.0907. The van der Waals surface area contributed by atoms with E-state index in [1.807, 2.05) is 32.0 Å². The molecule has 0 spiro atoms. The monoisotopic (exact) mass is 444 g/mol. The number of nitrogens with one attached hydrogen (secondary N) is 1. The van der Waals surface area contributed by atoms with Crippen molar-refractivity contribution in [1.29, 1.82) is 0 Å². The number of aliphatic hydroxyl groups is 1. The zero-order valence-corrected chi connectivity index (χ0v) is 18.5. The number of benzene rings is 2. The van der Waals surface area contributed by atoms with E-state index in [1.54, 1.807) is 23.7 Å². The Labute approximate surface area is 181 Å². The number of aliphatic hydroxyl groups excluding tert-OH is 1. The molecule has 0 unspecified atom stereocenters. The van der Waals surface area contributed by atoms with Crippen LogP contribution in [0.1, 0.15) is 38.4 Å². The fourth-order valence-corrected chi connectivity index (χ4v) is 4.29. The minimum atomic E-state index is -3.73. The van der Waals surface area contributed by atoms with Crippen LogP contribution in [0.15, 0.2) is 48.5 Å². The molecule has 31 heavy (non-hydrogen) atoms. The van der Waals surface area contributed by atoms with E-state index in [0.717, 1.165) is 22.9 Å². The first kappa shape index (κ1) is 22.7. The van der Waals surface area contributed by atoms with Gasteiger partial charge in [0.05, 0.1) is 23.7 Å². The normalized spacial score (nSPS) is 11.5. The summed E-state index contributed by atoms with van der Waals surface area (Å²) in [5.74, 6) is -1.12. The number of hydrogen-bond donors (Lipinski definition) is 2. The molecule has 6 nitrogen and oxygen atoms in total. The Morgan fingerprint density at radius 3 is 2.39 bits per heavy atom. The van der Waals surface area contributed by atoms with E-state index in [2.05, 4.69) is 4.72 Å². The highest BCUT2D eigenvalue weighted by atomic mass is 32.2. The number of aryl methyl sites for hydroxylation is 2. The summed E-state index contributed by atoms with van der Waals surface area (Å²) in [5.41, 5.74) is 4.24. The molecule has 3 aromatic rings. The van der Waals surface area contributed by atoms with Crippen LogP contribution in [0.5, 0.6) is 0 Å². The van der Waals surface area contributed by atoms with E-state index in [-0.39, 0.29) is 17.9 Å². The molecule has 1 aromatic heterocycles. The molecule has 0 atom stereocenters. The quantitative estimate of drug-likeness (QED) is 0.522. The second kappa shape index (κ2) is 9.03. The van der Waals surface area contributed by atoms with Crippen LogP contribution in [0.2, 0.25) is 0 Å². The van der Waals surface area contributed by atoms with Crippen molar-refractivity contribution in [3.05, 3.63) is 88.0 Å². The average Bonchev–Trinajstić information content (AvgIpc) is 2.97. The molecule has 8 heteroatoms. The highest BCUT2D eigenvalue weighted by Crippen LogP contribution is 2.23. The molecule has 0 aliphatic rings. The number of rotatable bonds is 8. The van der Waals surface area contributed by atoms with Gasteiger partial charge in [-0.25, -0.2) is 12.8 Å². The lowest BCUT2D eigenvalue weighted by Crippen LogP contribution is -2.19. The van der Waals surface area contributed by atoms with E-state index in [9.17, 15) is 17.6 Å². The second-order valence-corrected chi connectivity index (χ2v) is 9.39. The number of sulfonamides is 1. The van der Waals surface area contributed by atoms with Gasteiger partial charge in [-0.2, -0.15) is 0 Å². The molecule has 2 N–H and O–H groups in total. The first-order valence-electron chi connectivity index (χ1n) is 9.77. The summed E-state index contributed by atoms with van der Waals surface area (Å²) in [6.07, 6.45) is 0.244. The van der Waals surface area contributed by atoms with Crippen molar-refractivity contribution in [3.63, 3.8) is 0 Å². The predicted molar refractivity (Wildman–Crippen MR) is 118 cm³/mol. The third-order valence-electron chi connectivity index (χ3n) is 5.11. The fraction of sp³-hybridized carbons (Fsp3) is 0.261. The van der Waals surface area contributed by atoms with Crippen LogP contribution in [0.3, 0.4) is 0 Å². The van der Waals surface area contributed by atoms with E-state index in [1.165, 1.54) is 12.1 Å². The first-order chi connectivity index (χ1) is 14.6. The molecule has 0 radical (unpaired) electrons. The van der Waals surface area contributed by atoms with Crippen molar-refractivity contribution < 1.29 is 22.7 Å². The van der Waals surface area contributed by atoms with E-state index in [4.69, 9.17) is 5.11 Å². The number of ketones is 1. The summed E-state index contributed by atoms with van der Waals surface area (Å²) in [4.78, 5) is 13.0. The standard InChI is InChI=1S/C23H25FN2O4S/c1-15-4-6-17(7-5-15)23(28)22-16(2)12-20(26(22)3)13-18-8-9-19(14-21(18)24)25-31(29,30)11-10-27/h4-9,12,14,25,27H,10-11,13H2,1-3H3. The van der Waals surface area contributed by atoms with Gasteiger partial charge in [-0.1, -0.05) is 35.9 Å². The van der Waals surface area contributed by atoms with E-state index >= 15 is 0 Å². The molecule has 0 saturated heterocycles. The summed E-state index contributed by atoms with van der Waals surface area (Å²) in [7, 11) is -1.95. The molecule has 164 valence electrons. The highest BCUT2D eigenvalue weighted by molar-refractivity contribution is 7.92. The van der Waals surface area contributed by atoms with Gasteiger partial charge in [0.15, 0.2) is 0 Å². The van der Waals surface area contributed by atoms with Gasteiger partial charge in [0.2, 0.25) is 15.8 Å². The summed E-state index contributed by atoms with van der Waals surface area (Å²) in [6, 6.07) is 13.3. The van der Waals surface area contributed by atoms with Gasteiger partial charge in [-0.05, 0) is 43.2 Å². The van der Waals surface area contributed by atoms with Crippen LogP contribution >= 0.6 is 0 Å². The summed E-state index contributed by atoms with van der Waals surface area (Å²) < 4.78 is 42.1. The largest absolute Gasteiger partial charge is 0.395 e. The molecule has 0 bridgehead atoms. The Morgan fingerprint density at radius 2 is 1.77 bits per heavy atom. The van der Waals surface area contributed by atoms with Crippen LogP contribution in [0.25, 0.3) is 0 Å². The number of nitrogens with zero attached hydrogens (tertiary/aromatic N) is 1. The summed E-state index contributed by atoms with van der Waals surface area (Å²) >= 11 is 0. The number of hydrogen-bond acceptors (Lipinski definition) is 4. The van der Waals surface area contributed by atoms with Gasteiger partial charge in [-0.15, -0.1) is 0 Å². The molecule has 0 fully saturated rings. The molecule has 0 amide bonds. The maximum Gasteiger partial charge on any atom is 0.234 e. The van der Waals surface area contributed by atoms with Gasteiger partial charge in [0.1, 0.15) is 5.82 Å². The van der Waals surface area contributed by atoms with Crippen LogP contribution in [0, 0.1) is 19.7 Å². The number of carbonyl (C=O) groups is 1. The van der Waals surface area contributed by atoms with Crippen molar-refractivity contribution in [2.45, 2.75) is 20.3 Å². The lowest BCUT2D eigenvalue weighted by Gasteiger charge is -2.11. The molecule has 0 aliphatic carbocycles. The molecule has 2 aromatic carbocycles. The zero-order chi connectivity index (χ0) is 22.8. The second-order valence-electron chi connectivity index (χ2n) is 7.55. The maximum absolute atomic E-state index is 14.6. The molecule has 3 rings (SSSR count). The molecular weight excluding hydrogens is 419 g/mol. The zero-order valence-electron chi connectivity index (χ0n) is 17.6. The summed E-state index contributed by atoms with van der Waals surface area (Å²) in [5, 5.41) is 8.80. The Bertz CT molecular complexity index is 1220. The summed E-state index contributed by atoms with van der Waals surface area (Å²) in [6.45, 7) is 3.28. The topological polar surface area (TPSA) is 88.4 Å². The van der Waals surface area contributed by atoms with Gasteiger partial charge in [-0.3, -0.25) is 9.52 Å². The molecule has 1 heterocycles. The minimum Gasteiger partial charge on any atom is -0.395 e. The van der Waals surface area contributed by atoms with Crippen molar-refractivity contribution >= 4 is 21.5 Å². The molecule has 0 aliphatic heterocycles. The SMILES string of the molecule is Cc1ccc(C(=O)c2c(C)cc(Cc3ccc(NS(=O)(=O)CCO)cc3F)n2C)cc1. The number of carbonyl (C=O) groups excluding carboxylic acids is 1. The lowest BCUT2D eigenvalue weighted by molar-refractivity contribution is 0.103. The van der Waals surface area contributed by atoms with Crippen molar-refractivity contribution in [2.24, 2.45) is 7.05 Å². The molecule has 0 saturated carbocycles. The van der Waals surface area contributed by atoms with Gasteiger partial charge in [0, 0.05) is 24.7 Å². The maximum atomic E-state index is 14.6. The Balaban J connectivity index is 1.84. The number of anilines is 1. The van der Waals surface area contributed by atoms with Crippen molar-refractivity contribution in [1.82, 2.24) is 4.57 Å². The Morgan fingerprint density at radius 1 is 1.10 bits per heavy atom. The van der Waals surface area contributed by atoms with Crippen LogP contribution in [0.4, 0.5) is 10.1 Å². The van der Waals surface area contributed by atoms with Gasteiger partial charge < -0.3 is 9.67 Å². The third-order valence-corrected chi connectivity index (χ3v) is 6.38. The van der Waals surface area contributed by atoms with Gasteiger partial charge >= 0.3 is 0 Å². The number of aromatic nitrogens is 1. The Hall–Kier alpha value is -2.97. The average molecular weight is 445 g/mol. The predicted octanol–water partition coefficient (Wildman–Crippen LogP) is 3.34. The highest BCUT2D eigenvalue weighted by Gasteiger charge is 2.19. The van der Waals surface area contributed by atoms with Crippen LogP contribution in [-0.4, -0.2) is 36.2 Å². The first-order valence-corrected chi connectivity index (χ1v) is 11.4. The molecular formula is C23H25FN2O4S. The van der Waals surface area contributed by atoms with Crippen LogP contribution < -0.4 is 4.72 Å². The van der Waals surface area contributed by atoms with E-state index in [0.29, 0.717) is 16.8 Å². The van der Waals surface area contributed by atoms with Crippen molar-refractivity contribution in [3.8, 4) is 0 Å².